The van der Waals surface area contributed by atoms with E-state index in [0.717, 1.165) is 19.5 Å². The molecule has 1 amide bonds. The van der Waals surface area contributed by atoms with Crippen LogP contribution in [0.5, 0.6) is 0 Å². The molecule has 1 aromatic heterocycles. The molecule has 1 fully saturated rings. The topological polar surface area (TPSA) is 54.3 Å². The average Bonchev–Trinajstić information content (AvgIpc) is 2.88. The molecule has 0 spiro atoms. The van der Waals surface area contributed by atoms with Gasteiger partial charge in [0.15, 0.2) is 0 Å². The van der Waals surface area contributed by atoms with Crippen molar-refractivity contribution < 1.29 is 9.21 Å². The summed E-state index contributed by atoms with van der Waals surface area (Å²) in [6, 6.07) is 1.58. The molecule has 1 saturated heterocycles. The van der Waals surface area contributed by atoms with Crippen molar-refractivity contribution in [1.82, 2.24) is 10.6 Å². The molecule has 2 rings (SSSR count). The van der Waals surface area contributed by atoms with Crippen LogP contribution >= 0.6 is 11.6 Å². The summed E-state index contributed by atoms with van der Waals surface area (Å²) in [5.41, 5.74) is 0.409. The number of furan rings is 1. The summed E-state index contributed by atoms with van der Waals surface area (Å²) in [6.07, 6.45) is 3.62. The summed E-state index contributed by atoms with van der Waals surface area (Å²) in [6.45, 7) is 2.83. The second-order valence-corrected chi connectivity index (χ2v) is 4.35. The van der Waals surface area contributed by atoms with Crippen molar-refractivity contribution in [1.29, 1.82) is 0 Å². The first kappa shape index (κ1) is 11.5. The first-order valence-electron chi connectivity index (χ1n) is 5.49. The number of nitrogens with one attached hydrogen (secondary N) is 2. The van der Waals surface area contributed by atoms with Crippen LogP contribution in [0, 0.1) is 5.92 Å². The fourth-order valence-corrected chi connectivity index (χ4v) is 2.10. The van der Waals surface area contributed by atoms with Gasteiger partial charge in [-0.3, -0.25) is 4.79 Å². The van der Waals surface area contributed by atoms with Crippen molar-refractivity contribution in [3.8, 4) is 0 Å². The minimum atomic E-state index is -0.162. The lowest BCUT2D eigenvalue weighted by molar-refractivity contribution is 0.0951. The Kier molecular flexibility index (Phi) is 3.85. The van der Waals surface area contributed by atoms with Crippen LogP contribution in [0.2, 0.25) is 5.22 Å². The maximum absolute atomic E-state index is 11.6. The van der Waals surface area contributed by atoms with Gasteiger partial charge in [-0.05, 0) is 49.5 Å². The quantitative estimate of drug-likeness (QED) is 0.845. The van der Waals surface area contributed by atoms with Crippen LogP contribution in [-0.2, 0) is 0 Å². The molecule has 0 aliphatic carbocycles. The van der Waals surface area contributed by atoms with E-state index in [1.165, 1.54) is 12.7 Å². The minimum absolute atomic E-state index is 0.153. The zero-order chi connectivity index (χ0) is 11.4. The van der Waals surface area contributed by atoms with Crippen LogP contribution in [0.15, 0.2) is 16.7 Å². The van der Waals surface area contributed by atoms with Gasteiger partial charge >= 0.3 is 0 Å². The van der Waals surface area contributed by atoms with Gasteiger partial charge in [-0.1, -0.05) is 0 Å². The van der Waals surface area contributed by atoms with E-state index in [4.69, 9.17) is 16.0 Å². The molecule has 0 aromatic carbocycles. The first-order chi connectivity index (χ1) is 7.77. The van der Waals surface area contributed by atoms with Crippen LogP contribution in [-0.4, -0.2) is 25.5 Å². The van der Waals surface area contributed by atoms with Gasteiger partial charge in [0, 0.05) is 6.54 Å². The largest absolute Gasteiger partial charge is 0.452 e. The number of rotatable bonds is 4. The van der Waals surface area contributed by atoms with Crippen LogP contribution in [0.25, 0.3) is 0 Å². The lowest BCUT2D eigenvalue weighted by atomic mass is 10.1. The molecule has 0 saturated carbocycles. The molecule has 1 atom stereocenters. The third kappa shape index (κ3) is 2.77. The zero-order valence-electron chi connectivity index (χ0n) is 8.96. The average molecular weight is 243 g/mol. The zero-order valence-corrected chi connectivity index (χ0v) is 9.72. The second kappa shape index (κ2) is 5.37. The highest BCUT2D eigenvalue weighted by Gasteiger charge is 2.16. The Morgan fingerprint density at radius 2 is 2.56 bits per heavy atom. The highest BCUT2D eigenvalue weighted by molar-refractivity contribution is 6.32. The fourth-order valence-electron chi connectivity index (χ4n) is 1.90. The van der Waals surface area contributed by atoms with E-state index in [9.17, 15) is 4.79 Å². The van der Waals surface area contributed by atoms with E-state index in [2.05, 4.69) is 10.6 Å². The third-order valence-electron chi connectivity index (χ3n) is 2.86. The van der Waals surface area contributed by atoms with Gasteiger partial charge in [0.25, 0.3) is 5.91 Å². The molecule has 5 heteroatoms. The Labute approximate surface area is 99.3 Å². The van der Waals surface area contributed by atoms with Crippen molar-refractivity contribution in [2.24, 2.45) is 5.92 Å². The SMILES string of the molecule is O=C(NCCC1CCNC1)c1ccoc1Cl. The summed E-state index contributed by atoms with van der Waals surface area (Å²) in [7, 11) is 0. The van der Waals surface area contributed by atoms with Crippen molar-refractivity contribution in [2.45, 2.75) is 12.8 Å². The molecule has 1 aliphatic heterocycles. The smallest absolute Gasteiger partial charge is 0.256 e. The number of amides is 1. The molecule has 1 aromatic rings. The molecule has 2 N–H and O–H groups in total. The molecule has 88 valence electrons. The van der Waals surface area contributed by atoms with Crippen molar-refractivity contribution in [3.63, 3.8) is 0 Å². The first-order valence-corrected chi connectivity index (χ1v) is 5.87. The van der Waals surface area contributed by atoms with Gasteiger partial charge in [0.2, 0.25) is 5.22 Å². The Balaban J connectivity index is 1.73. The monoisotopic (exact) mass is 242 g/mol. The number of carbonyl (C=O) groups is 1. The maximum Gasteiger partial charge on any atom is 0.256 e. The summed E-state index contributed by atoms with van der Waals surface area (Å²) in [4.78, 5) is 11.6. The fraction of sp³-hybridized carbons (Fsp3) is 0.545. The highest BCUT2D eigenvalue weighted by atomic mass is 35.5. The summed E-state index contributed by atoms with van der Waals surface area (Å²) in [5.74, 6) is 0.518. The third-order valence-corrected chi connectivity index (χ3v) is 3.16. The summed E-state index contributed by atoms with van der Waals surface area (Å²) >= 11 is 5.70. The van der Waals surface area contributed by atoms with Gasteiger partial charge in [0.1, 0.15) is 0 Å². The molecule has 4 nitrogen and oxygen atoms in total. The van der Waals surface area contributed by atoms with Gasteiger partial charge in [-0.15, -0.1) is 0 Å². The van der Waals surface area contributed by atoms with Gasteiger partial charge in [-0.25, -0.2) is 0 Å². The molecule has 1 unspecified atom stereocenters. The lowest BCUT2D eigenvalue weighted by Crippen LogP contribution is -2.26. The molecule has 1 aliphatic rings. The normalized spacial score (nSPS) is 19.9. The van der Waals surface area contributed by atoms with Gasteiger partial charge in [0.05, 0.1) is 11.8 Å². The van der Waals surface area contributed by atoms with Gasteiger partial charge < -0.3 is 15.1 Å². The van der Waals surface area contributed by atoms with E-state index in [1.54, 1.807) is 6.07 Å². The number of hydrogen-bond donors (Lipinski definition) is 2. The van der Waals surface area contributed by atoms with Crippen LogP contribution in [0.3, 0.4) is 0 Å². The Morgan fingerprint density at radius 3 is 3.19 bits per heavy atom. The predicted molar refractivity (Wildman–Crippen MR) is 61.6 cm³/mol. The number of hydrogen-bond acceptors (Lipinski definition) is 3. The number of carbonyl (C=O) groups excluding carboxylic acids is 1. The van der Waals surface area contributed by atoms with E-state index in [0.29, 0.717) is 18.0 Å². The lowest BCUT2D eigenvalue weighted by Gasteiger charge is -2.08. The predicted octanol–water partition coefficient (Wildman–Crippen LogP) is 1.66. The Morgan fingerprint density at radius 1 is 1.69 bits per heavy atom. The molecule has 0 bridgehead atoms. The van der Waals surface area contributed by atoms with E-state index < -0.39 is 0 Å². The molecular formula is C11H15ClN2O2. The Hall–Kier alpha value is -1.00. The van der Waals surface area contributed by atoms with Crippen molar-refractivity contribution in [3.05, 3.63) is 23.1 Å². The van der Waals surface area contributed by atoms with Gasteiger partial charge in [-0.2, -0.15) is 0 Å². The summed E-state index contributed by atoms with van der Waals surface area (Å²) in [5, 5.41) is 6.29. The van der Waals surface area contributed by atoms with Crippen LogP contribution in [0.4, 0.5) is 0 Å². The van der Waals surface area contributed by atoms with E-state index in [-0.39, 0.29) is 11.1 Å². The van der Waals surface area contributed by atoms with Crippen molar-refractivity contribution >= 4 is 17.5 Å². The highest BCUT2D eigenvalue weighted by Crippen LogP contribution is 2.16. The molecule has 2 heterocycles. The molecule has 16 heavy (non-hydrogen) atoms. The number of halogens is 1. The van der Waals surface area contributed by atoms with Crippen LogP contribution < -0.4 is 10.6 Å². The van der Waals surface area contributed by atoms with E-state index >= 15 is 0 Å². The molecular weight excluding hydrogens is 228 g/mol. The maximum atomic E-state index is 11.6. The Bertz CT molecular complexity index is 359. The summed E-state index contributed by atoms with van der Waals surface area (Å²) < 4.78 is 4.86. The van der Waals surface area contributed by atoms with Crippen LogP contribution in [0.1, 0.15) is 23.2 Å². The second-order valence-electron chi connectivity index (χ2n) is 4.01. The molecule has 0 radical (unpaired) electrons. The van der Waals surface area contributed by atoms with E-state index in [1.807, 2.05) is 0 Å². The van der Waals surface area contributed by atoms with Crippen molar-refractivity contribution in [2.75, 3.05) is 19.6 Å². The standard InChI is InChI=1S/C11H15ClN2O2/c12-10-9(3-6-16-10)11(15)14-5-2-8-1-4-13-7-8/h3,6,8,13H,1-2,4-5,7H2,(H,14,15). The minimum Gasteiger partial charge on any atom is -0.452 e.